The fraction of sp³-hybridized carbons (Fsp3) is 0.750. The van der Waals surface area contributed by atoms with Crippen LogP contribution < -0.4 is 5.73 Å². The highest BCUT2D eigenvalue weighted by Gasteiger charge is 2.02. The summed E-state index contributed by atoms with van der Waals surface area (Å²) < 4.78 is 0. The minimum Gasteiger partial charge on any atom is -0.369 e. The zero-order valence-corrected chi connectivity index (χ0v) is 4.40. The Kier molecular flexibility index (Phi) is 5.86. The van der Waals surface area contributed by atoms with E-state index in [1.165, 1.54) is 6.92 Å². The van der Waals surface area contributed by atoms with Gasteiger partial charge in [0.1, 0.15) is 6.04 Å². The lowest BCUT2D eigenvalue weighted by atomic mass is 10.4. The van der Waals surface area contributed by atoms with Crippen molar-refractivity contribution in [2.24, 2.45) is 10.8 Å². The quantitative estimate of drug-likeness (QED) is 0.334. The Balaban J connectivity index is 0. The molecule has 0 spiro atoms. The normalized spacial score (nSPS) is 10.3. The molecule has 0 fully saturated rings. The van der Waals surface area contributed by atoms with Crippen LogP contribution in [0, 0.1) is 0 Å². The maximum atomic E-state index is 10.0. The summed E-state index contributed by atoms with van der Waals surface area (Å²) >= 11 is 0. The number of amides is 1. The molecule has 0 unspecified atom stereocenters. The molecule has 5 heteroatoms. The van der Waals surface area contributed by atoms with Gasteiger partial charge < -0.3 is 5.73 Å². The van der Waals surface area contributed by atoms with Gasteiger partial charge in [0.15, 0.2) is 0 Å². The second-order valence-electron chi connectivity index (χ2n) is 1.28. The van der Waals surface area contributed by atoms with E-state index in [2.05, 4.69) is 10.0 Å². The van der Waals surface area contributed by atoms with Crippen molar-refractivity contribution in [1.29, 1.82) is 0 Å². The molecule has 0 bridgehead atoms. The minimum absolute atomic E-state index is 0. The monoisotopic (exact) mass is 130 g/mol. The summed E-state index contributed by atoms with van der Waals surface area (Å²) in [6.07, 6.45) is 0. The van der Waals surface area contributed by atoms with E-state index in [0.29, 0.717) is 0 Å². The second kappa shape index (κ2) is 4.93. The van der Waals surface area contributed by atoms with Crippen molar-refractivity contribution < 1.29 is 4.79 Å². The fourth-order valence-electron chi connectivity index (χ4n) is 0.134. The molecule has 1 amide bonds. The Morgan fingerprint density at radius 3 is 2.44 bits per heavy atom. The molecule has 0 radical (unpaired) electrons. The molecule has 0 aliphatic heterocycles. The number of nitrogens with two attached hydrogens (primary N) is 1. The maximum Gasteiger partial charge on any atom is 0.226 e. The zero-order chi connectivity index (χ0) is 6.57. The largest absolute Gasteiger partial charge is 0.369 e. The van der Waals surface area contributed by atoms with Crippen molar-refractivity contribution in [2.75, 3.05) is 0 Å². The van der Waals surface area contributed by atoms with Gasteiger partial charge in [-0.15, -0.1) is 0 Å². The van der Waals surface area contributed by atoms with Gasteiger partial charge in [0.25, 0.3) is 0 Å². The first-order valence-corrected chi connectivity index (χ1v) is 2.02. The maximum absolute atomic E-state index is 10.0. The Bertz CT molecular complexity index is 136. The Labute approximate surface area is 53.5 Å². The highest BCUT2D eigenvalue weighted by atomic mass is 16.1. The lowest BCUT2D eigenvalue weighted by Crippen LogP contribution is -2.22. The average Bonchev–Trinajstić information content (AvgIpc) is 1.67. The average molecular weight is 130 g/mol. The molecule has 5 nitrogen and oxygen atoms in total. The molecule has 1 atom stereocenters. The topological polar surface area (TPSA) is 91.8 Å². The van der Waals surface area contributed by atoms with Gasteiger partial charge in [0.2, 0.25) is 5.91 Å². The van der Waals surface area contributed by atoms with Gasteiger partial charge in [-0.3, -0.25) is 4.79 Å². The van der Waals surface area contributed by atoms with E-state index in [4.69, 9.17) is 11.3 Å². The van der Waals surface area contributed by atoms with E-state index < -0.39 is 11.9 Å². The van der Waals surface area contributed by atoms with Gasteiger partial charge in [-0.05, 0) is 12.5 Å². The van der Waals surface area contributed by atoms with Crippen LogP contribution >= 0.6 is 0 Å². The van der Waals surface area contributed by atoms with Crippen molar-refractivity contribution in [1.82, 2.24) is 0 Å². The summed E-state index contributed by atoms with van der Waals surface area (Å²) in [5.74, 6) is -0.609. The fourth-order valence-corrected chi connectivity index (χ4v) is 0.134. The van der Waals surface area contributed by atoms with Gasteiger partial charge in [0.05, 0.1) is 0 Å². The number of rotatable bonds is 2. The minimum atomic E-state index is -0.736. The Morgan fingerprint density at radius 2 is 2.33 bits per heavy atom. The van der Waals surface area contributed by atoms with Crippen LogP contribution in [0.5, 0.6) is 0 Å². The molecule has 0 aromatic heterocycles. The number of nitrogens with zero attached hydrogens (tertiary/aromatic N) is 3. The molecule has 0 rings (SSSR count). The summed E-state index contributed by atoms with van der Waals surface area (Å²) in [4.78, 5) is 12.4. The van der Waals surface area contributed by atoms with E-state index in [9.17, 15) is 4.79 Å². The third-order valence-electron chi connectivity index (χ3n) is 0.637. The van der Waals surface area contributed by atoms with Crippen LogP contribution in [0.4, 0.5) is 0 Å². The molecule has 0 aromatic rings. The number of carbonyl (C=O) groups excluding carboxylic acids is 1. The van der Waals surface area contributed by atoms with Gasteiger partial charge in [-0.1, -0.05) is 12.5 Å². The van der Waals surface area contributed by atoms with Gasteiger partial charge in [0, 0.05) is 4.91 Å². The SMILES string of the molecule is C.C[C@H](N=[N+]=[N-])C(N)=O. The molecule has 0 saturated heterocycles. The van der Waals surface area contributed by atoms with Gasteiger partial charge in [-0.2, -0.15) is 0 Å². The third-order valence-corrected chi connectivity index (χ3v) is 0.637. The first kappa shape index (κ1) is 10.7. The molecule has 9 heavy (non-hydrogen) atoms. The van der Waals surface area contributed by atoms with E-state index in [-0.39, 0.29) is 7.43 Å². The number of azide groups is 1. The van der Waals surface area contributed by atoms with E-state index in [1.807, 2.05) is 0 Å². The van der Waals surface area contributed by atoms with Crippen LogP contribution in [-0.4, -0.2) is 11.9 Å². The van der Waals surface area contributed by atoms with Gasteiger partial charge in [-0.25, -0.2) is 0 Å². The molecule has 0 aliphatic rings. The summed E-state index contributed by atoms with van der Waals surface area (Å²) in [7, 11) is 0. The first-order chi connectivity index (χ1) is 3.68. The number of hydrogen-bond donors (Lipinski definition) is 1. The smallest absolute Gasteiger partial charge is 0.226 e. The Hall–Kier alpha value is -1.22. The molecule has 0 aliphatic carbocycles. The van der Waals surface area contributed by atoms with Crippen molar-refractivity contribution >= 4 is 5.91 Å². The molecule has 2 N–H and O–H groups in total. The van der Waals surface area contributed by atoms with E-state index in [0.717, 1.165) is 0 Å². The highest BCUT2D eigenvalue weighted by Crippen LogP contribution is 1.84. The van der Waals surface area contributed by atoms with Crippen LogP contribution in [0.3, 0.4) is 0 Å². The summed E-state index contributed by atoms with van der Waals surface area (Å²) in [5.41, 5.74) is 12.5. The molecule has 0 heterocycles. The lowest BCUT2D eigenvalue weighted by molar-refractivity contribution is -0.118. The zero-order valence-electron chi connectivity index (χ0n) is 4.40. The summed E-state index contributed by atoms with van der Waals surface area (Å²) in [6, 6.07) is -0.736. The second-order valence-corrected chi connectivity index (χ2v) is 1.28. The molecule has 0 saturated carbocycles. The predicted molar refractivity (Wildman–Crippen MR) is 34.5 cm³/mol. The number of carbonyl (C=O) groups is 1. The van der Waals surface area contributed by atoms with Crippen LogP contribution in [0.1, 0.15) is 14.4 Å². The molecular weight excluding hydrogens is 120 g/mol. The number of primary amides is 1. The predicted octanol–water partition coefficient (Wildman–Crippen LogP) is 0.807. The van der Waals surface area contributed by atoms with Gasteiger partial charge >= 0.3 is 0 Å². The first-order valence-electron chi connectivity index (χ1n) is 2.02. The molecule has 52 valence electrons. The van der Waals surface area contributed by atoms with Crippen molar-refractivity contribution in [2.45, 2.75) is 20.4 Å². The van der Waals surface area contributed by atoms with E-state index >= 15 is 0 Å². The number of hydrogen-bond acceptors (Lipinski definition) is 2. The summed E-state index contributed by atoms with van der Waals surface area (Å²) in [5, 5.41) is 3.03. The Morgan fingerprint density at radius 1 is 1.89 bits per heavy atom. The molecule has 0 aromatic carbocycles. The lowest BCUT2D eigenvalue weighted by Gasteiger charge is -1.91. The third kappa shape index (κ3) is 4.64. The molecular formula is C4H10N4O. The van der Waals surface area contributed by atoms with Crippen molar-refractivity contribution in [3.05, 3.63) is 10.4 Å². The van der Waals surface area contributed by atoms with Crippen LogP contribution in [0.15, 0.2) is 5.11 Å². The van der Waals surface area contributed by atoms with Crippen LogP contribution in [-0.2, 0) is 4.79 Å². The van der Waals surface area contributed by atoms with E-state index in [1.54, 1.807) is 0 Å². The standard InChI is InChI=1S/C3H6N4O.CH4/c1-2(3(4)8)6-7-5;/h2H,1H3,(H2,4,8);1H4/t2-;/m0./s1. The summed E-state index contributed by atoms with van der Waals surface area (Å²) in [6.45, 7) is 1.43. The van der Waals surface area contributed by atoms with Crippen molar-refractivity contribution in [3.8, 4) is 0 Å². The van der Waals surface area contributed by atoms with Crippen molar-refractivity contribution in [3.63, 3.8) is 0 Å². The highest BCUT2D eigenvalue weighted by molar-refractivity contribution is 5.79. The van der Waals surface area contributed by atoms with Crippen LogP contribution in [0.25, 0.3) is 10.4 Å². The van der Waals surface area contributed by atoms with Crippen LogP contribution in [0.2, 0.25) is 0 Å².